The van der Waals surface area contributed by atoms with Crippen LogP contribution in [0.1, 0.15) is 32.6 Å². The molecule has 1 unspecified atom stereocenters. The number of rotatable bonds is 7. The van der Waals surface area contributed by atoms with Gasteiger partial charge in [-0.25, -0.2) is 4.39 Å². The van der Waals surface area contributed by atoms with Crippen molar-refractivity contribution in [3.8, 4) is 5.75 Å². The smallest absolute Gasteiger partial charge is 0.245 e. The third-order valence-electron chi connectivity index (χ3n) is 4.38. The van der Waals surface area contributed by atoms with Crippen LogP contribution in [0.5, 0.6) is 5.75 Å². The van der Waals surface area contributed by atoms with Crippen LogP contribution < -0.4 is 10.1 Å². The van der Waals surface area contributed by atoms with Crippen LogP contribution in [0.3, 0.4) is 0 Å². The first-order valence-corrected chi connectivity index (χ1v) is 8.38. The summed E-state index contributed by atoms with van der Waals surface area (Å²) in [6.07, 6.45) is 4.14. The van der Waals surface area contributed by atoms with E-state index >= 15 is 0 Å². The lowest BCUT2D eigenvalue weighted by Crippen LogP contribution is -2.51. The van der Waals surface area contributed by atoms with Crippen molar-refractivity contribution in [2.24, 2.45) is 5.92 Å². The van der Waals surface area contributed by atoms with Gasteiger partial charge < -0.3 is 15.0 Å². The molecule has 0 heterocycles. The molecule has 2 amide bonds. The molecule has 132 valence electrons. The van der Waals surface area contributed by atoms with Crippen molar-refractivity contribution in [3.05, 3.63) is 30.1 Å². The van der Waals surface area contributed by atoms with Crippen LogP contribution in [-0.4, -0.2) is 43.0 Å². The van der Waals surface area contributed by atoms with Gasteiger partial charge in [-0.2, -0.15) is 0 Å². The Morgan fingerprint density at radius 3 is 2.50 bits per heavy atom. The predicted molar refractivity (Wildman–Crippen MR) is 89.1 cm³/mol. The van der Waals surface area contributed by atoms with Gasteiger partial charge in [-0.15, -0.1) is 0 Å². The maximum Gasteiger partial charge on any atom is 0.245 e. The number of benzene rings is 1. The fourth-order valence-electron chi connectivity index (χ4n) is 3.07. The second kappa shape index (κ2) is 8.66. The number of carbonyl (C=O) groups excluding carboxylic acids is 2. The highest BCUT2D eigenvalue weighted by Gasteiger charge is 2.32. The number of likely N-dealkylation sites (N-methyl/N-ethyl adjacent to an activating group) is 1. The zero-order valence-corrected chi connectivity index (χ0v) is 14.3. The van der Waals surface area contributed by atoms with E-state index in [9.17, 15) is 14.0 Å². The maximum absolute atomic E-state index is 12.8. The molecule has 0 bridgehead atoms. The minimum atomic E-state index is -0.458. The topological polar surface area (TPSA) is 58.6 Å². The average molecular weight is 336 g/mol. The van der Waals surface area contributed by atoms with Gasteiger partial charge in [0.25, 0.3) is 0 Å². The van der Waals surface area contributed by atoms with Crippen LogP contribution in [0.2, 0.25) is 0 Å². The summed E-state index contributed by atoms with van der Waals surface area (Å²) in [6.45, 7) is 2.15. The summed E-state index contributed by atoms with van der Waals surface area (Å²) in [6, 6.07) is 5.31. The number of hydrogen-bond acceptors (Lipinski definition) is 3. The van der Waals surface area contributed by atoms with Crippen LogP contribution in [0.4, 0.5) is 4.39 Å². The fourth-order valence-corrected chi connectivity index (χ4v) is 3.07. The van der Waals surface area contributed by atoms with Crippen LogP contribution in [0, 0.1) is 11.7 Å². The molecule has 1 saturated carbocycles. The second-order valence-corrected chi connectivity index (χ2v) is 6.28. The van der Waals surface area contributed by atoms with E-state index in [-0.39, 0.29) is 23.5 Å². The van der Waals surface area contributed by atoms with Gasteiger partial charge in [-0.05, 0) is 43.0 Å². The first kappa shape index (κ1) is 18.2. The summed E-state index contributed by atoms with van der Waals surface area (Å²) < 4.78 is 18.4. The lowest BCUT2D eigenvalue weighted by atomic mass is 9.97. The molecule has 1 N–H and O–H groups in total. The minimum Gasteiger partial charge on any atom is -0.492 e. The first-order valence-electron chi connectivity index (χ1n) is 8.38. The number of carbonyl (C=O) groups is 2. The van der Waals surface area contributed by atoms with Gasteiger partial charge in [0, 0.05) is 14.0 Å². The van der Waals surface area contributed by atoms with E-state index in [4.69, 9.17) is 4.74 Å². The van der Waals surface area contributed by atoms with E-state index in [1.165, 1.54) is 19.1 Å². The lowest BCUT2D eigenvalue weighted by Gasteiger charge is -2.28. The van der Waals surface area contributed by atoms with Crippen LogP contribution in [-0.2, 0) is 9.59 Å². The van der Waals surface area contributed by atoms with Crippen molar-refractivity contribution in [2.45, 2.75) is 38.6 Å². The fraction of sp³-hybridized carbons (Fsp3) is 0.556. The van der Waals surface area contributed by atoms with Gasteiger partial charge in [0.15, 0.2) is 0 Å². The van der Waals surface area contributed by atoms with E-state index in [2.05, 4.69) is 5.32 Å². The van der Waals surface area contributed by atoms with Crippen molar-refractivity contribution in [1.29, 1.82) is 0 Å². The van der Waals surface area contributed by atoms with Gasteiger partial charge in [-0.3, -0.25) is 9.59 Å². The Bertz CT molecular complexity index is 556. The van der Waals surface area contributed by atoms with Gasteiger partial charge in [0.1, 0.15) is 24.2 Å². The summed E-state index contributed by atoms with van der Waals surface area (Å²) >= 11 is 0. The maximum atomic E-state index is 12.8. The minimum absolute atomic E-state index is 0.0835. The van der Waals surface area contributed by atoms with Crippen molar-refractivity contribution >= 4 is 11.8 Å². The largest absolute Gasteiger partial charge is 0.492 e. The molecule has 1 aromatic carbocycles. The van der Waals surface area contributed by atoms with E-state index in [1.54, 1.807) is 24.1 Å². The molecule has 1 aliphatic carbocycles. The molecule has 6 heteroatoms. The number of nitrogens with one attached hydrogen (secondary N) is 1. The highest BCUT2D eigenvalue weighted by atomic mass is 19.1. The van der Waals surface area contributed by atoms with Crippen molar-refractivity contribution in [2.75, 3.05) is 20.2 Å². The summed E-state index contributed by atoms with van der Waals surface area (Å²) in [4.78, 5) is 25.7. The molecule has 0 aromatic heterocycles. The average Bonchev–Trinajstić information content (AvgIpc) is 3.07. The number of hydrogen-bond donors (Lipinski definition) is 1. The molecule has 24 heavy (non-hydrogen) atoms. The Morgan fingerprint density at radius 1 is 1.29 bits per heavy atom. The monoisotopic (exact) mass is 336 g/mol. The van der Waals surface area contributed by atoms with E-state index in [0.717, 1.165) is 25.7 Å². The number of amides is 2. The molecule has 1 aliphatic rings. The molecule has 0 saturated heterocycles. The van der Waals surface area contributed by atoms with E-state index < -0.39 is 6.04 Å². The number of ether oxygens (including phenoxy) is 1. The van der Waals surface area contributed by atoms with Gasteiger partial charge >= 0.3 is 0 Å². The number of nitrogens with zero attached hydrogens (tertiary/aromatic N) is 1. The molecule has 0 aliphatic heterocycles. The first-order chi connectivity index (χ1) is 11.5. The molecule has 0 spiro atoms. The molecule has 5 nitrogen and oxygen atoms in total. The summed E-state index contributed by atoms with van der Waals surface area (Å²) in [5, 5.41) is 2.80. The molecule has 1 atom stereocenters. The summed E-state index contributed by atoms with van der Waals surface area (Å²) in [5.74, 6) is 0.189. The molecule has 1 aromatic rings. The van der Waals surface area contributed by atoms with Crippen molar-refractivity contribution < 1.29 is 18.7 Å². The standard InChI is InChI=1S/C18H25FN2O3/c1-13(22)20-17(14-5-3-4-6-14)18(23)21(2)11-12-24-16-9-7-15(19)8-10-16/h7-10,14,17H,3-6,11-12H2,1-2H3,(H,20,22). The molecule has 2 rings (SSSR count). The van der Waals surface area contributed by atoms with Gasteiger partial charge in [0.05, 0.1) is 6.54 Å². The molecule has 0 radical (unpaired) electrons. The summed E-state index contributed by atoms with van der Waals surface area (Å²) in [5.41, 5.74) is 0. The molecular weight excluding hydrogens is 311 g/mol. The predicted octanol–water partition coefficient (Wildman–Crippen LogP) is 2.36. The third-order valence-corrected chi connectivity index (χ3v) is 4.38. The Labute approximate surface area is 142 Å². The van der Waals surface area contributed by atoms with Crippen LogP contribution in [0.25, 0.3) is 0 Å². The van der Waals surface area contributed by atoms with Crippen molar-refractivity contribution in [1.82, 2.24) is 10.2 Å². The highest BCUT2D eigenvalue weighted by molar-refractivity contribution is 5.87. The Hall–Kier alpha value is -2.11. The molecular formula is C18H25FN2O3. The molecule has 1 fully saturated rings. The highest BCUT2D eigenvalue weighted by Crippen LogP contribution is 2.28. The Balaban J connectivity index is 1.86. The quantitative estimate of drug-likeness (QED) is 0.831. The Morgan fingerprint density at radius 2 is 1.92 bits per heavy atom. The van der Waals surface area contributed by atoms with Crippen LogP contribution in [0.15, 0.2) is 24.3 Å². The van der Waals surface area contributed by atoms with Crippen molar-refractivity contribution in [3.63, 3.8) is 0 Å². The van der Waals surface area contributed by atoms with E-state index in [1.807, 2.05) is 0 Å². The van der Waals surface area contributed by atoms with Gasteiger partial charge in [0.2, 0.25) is 11.8 Å². The SMILES string of the molecule is CC(=O)NC(C(=O)N(C)CCOc1ccc(F)cc1)C1CCCC1. The third kappa shape index (κ3) is 5.22. The summed E-state index contributed by atoms with van der Waals surface area (Å²) in [7, 11) is 1.71. The zero-order valence-electron chi connectivity index (χ0n) is 14.3. The van der Waals surface area contributed by atoms with Crippen LogP contribution >= 0.6 is 0 Å². The van der Waals surface area contributed by atoms with Gasteiger partial charge in [-0.1, -0.05) is 12.8 Å². The number of halogens is 1. The van der Waals surface area contributed by atoms with E-state index in [0.29, 0.717) is 18.9 Å². The lowest BCUT2D eigenvalue weighted by molar-refractivity contribution is -0.136. The normalized spacial score (nSPS) is 15.8. The second-order valence-electron chi connectivity index (χ2n) is 6.28. The Kier molecular flexibility index (Phi) is 6.58. The zero-order chi connectivity index (χ0) is 17.5.